The van der Waals surface area contributed by atoms with Gasteiger partial charge in [-0.1, -0.05) is 11.6 Å². The first-order chi connectivity index (χ1) is 11.5. The van der Waals surface area contributed by atoms with E-state index < -0.39 is 0 Å². The van der Waals surface area contributed by atoms with Gasteiger partial charge < -0.3 is 10.1 Å². The lowest BCUT2D eigenvalue weighted by Crippen LogP contribution is -2.45. The number of nitrogens with zero attached hydrogens (tertiary/aromatic N) is 3. The summed E-state index contributed by atoms with van der Waals surface area (Å²) in [6.07, 6.45) is 2.92. The maximum absolute atomic E-state index is 12.8. The zero-order valence-electron chi connectivity index (χ0n) is 13.8. The van der Waals surface area contributed by atoms with Crippen molar-refractivity contribution in [2.75, 3.05) is 19.7 Å². The van der Waals surface area contributed by atoms with Crippen LogP contribution in [0, 0.1) is 6.92 Å². The monoisotopic (exact) mass is 348 g/mol. The molecule has 0 spiro atoms. The van der Waals surface area contributed by atoms with Crippen LogP contribution < -0.4 is 5.32 Å². The number of rotatable bonds is 2. The van der Waals surface area contributed by atoms with Gasteiger partial charge in [-0.05, 0) is 32.4 Å². The number of aromatic nitrogens is 2. The van der Waals surface area contributed by atoms with Crippen molar-refractivity contribution in [3.63, 3.8) is 0 Å². The molecule has 1 amide bonds. The lowest BCUT2D eigenvalue weighted by molar-refractivity contribution is -0.0390. The van der Waals surface area contributed by atoms with Gasteiger partial charge in [-0.15, -0.1) is 0 Å². The summed E-state index contributed by atoms with van der Waals surface area (Å²) in [7, 11) is 0. The average Bonchev–Trinajstić information content (AvgIpc) is 3.05. The molecule has 4 heterocycles. The quantitative estimate of drug-likeness (QED) is 0.900. The summed E-state index contributed by atoms with van der Waals surface area (Å²) in [4.78, 5) is 19.7. The third kappa shape index (κ3) is 2.79. The predicted molar refractivity (Wildman–Crippen MR) is 91.6 cm³/mol. The molecule has 2 aromatic heterocycles. The first kappa shape index (κ1) is 15.9. The predicted octanol–water partition coefficient (Wildman–Crippen LogP) is 1.89. The summed E-state index contributed by atoms with van der Waals surface area (Å²) in [6, 6.07) is 4.15. The van der Waals surface area contributed by atoms with E-state index in [4.69, 9.17) is 16.3 Å². The van der Waals surface area contributed by atoms with E-state index in [0.717, 1.165) is 31.8 Å². The number of hydrogen-bond acceptors (Lipinski definition) is 4. The van der Waals surface area contributed by atoms with E-state index in [0.29, 0.717) is 22.5 Å². The first-order valence-corrected chi connectivity index (χ1v) is 8.70. The average molecular weight is 349 g/mol. The van der Waals surface area contributed by atoms with Crippen molar-refractivity contribution in [2.24, 2.45) is 0 Å². The second-order valence-electron chi connectivity index (χ2n) is 6.78. The molecule has 4 rings (SSSR count). The number of nitrogens with one attached hydrogen (secondary N) is 1. The highest BCUT2D eigenvalue weighted by Crippen LogP contribution is 2.24. The van der Waals surface area contributed by atoms with Gasteiger partial charge in [-0.25, -0.2) is 4.98 Å². The van der Waals surface area contributed by atoms with Crippen LogP contribution in [0.25, 0.3) is 5.65 Å². The SMILES string of the molecule is Cc1nc2ccc(Cl)cn2c1C(=O)N[C@@H]1C[C@H]2CO[C@H](C)CN2C1. The molecule has 2 aliphatic rings. The maximum atomic E-state index is 12.8. The number of halogens is 1. The fourth-order valence-corrected chi connectivity index (χ4v) is 3.97. The Morgan fingerprint density at radius 2 is 2.25 bits per heavy atom. The molecule has 1 N–H and O–H groups in total. The molecule has 6 nitrogen and oxygen atoms in total. The standard InChI is InChI=1S/C17H21ClN4O2/c1-10-6-21-8-13(5-14(21)9-24-10)20-17(23)16-11(2)19-15-4-3-12(18)7-22(15)16/h3-4,7,10,13-14H,5-6,8-9H2,1-2H3,(H,20,23)/t10-,13-,14+/m1/s1. The summed E-state index contributed by atoms with van der Waals surface area (Å²) in [6.45, 7) is 6.50. The molecular weight excluding hydrogens is 328 g/mol. The molecule has 7 heteroatoms. The number of imidazole rings is 1. The number of aryl methyl sites for hydroxylation is 1. The van der Waals surface area contributed by atoms with Gasteiger partial charge in [0.1, 0.15) is 11.3 Å². The van der Waals surface area contributed by atoms with E-state index in [1.807, 2.05) is 13.0 Å². The Morgan fingerprint density at radius 3 is 3.08 bits per heavy atom. The summed E-state index contributed by atoms with van der Waals surface area (Å²) in [5.74, 6) is -0.0962. The summed E-state index contributed by atoms with van der Waals surface area (Å²) in [5, 5.41) is 3.75. The number of pyridine rings is 1. The second-order valence-corrected chi connectivity index (χ2v) is 7.22. The van der Waals surface area contributed by atoms with Crippen molar-refractivity contribution in [1.29, 1.82) is 0 Å². The van der Waals surface area contributed by atoms with Gasteiger partial charge in [0.05, 0.1) is 23.4 Å². The molecular formula is C17H21ClN4O2. The molecule has 0 unspecified atom stereocenters. The number of fused-ring (bicyclic) bond motifs is 2. The van der Waals surface area contributed by atoms with Gasteiger partial charge in [0.15, 0.2) is 0 Å². The van der Waals surface area contributed by atoms with E-state index in [2.05, 4.69) is 22.1 Å². The molecule has 128 valence electrons. The zero-order valence-corrected chi connectivity index (χ0v) is 14.6. The smallest absolute Gasteiger partial charge is 0.270 e. The van der Waals surface area contributed by atoms with Gasteiger partial charge in [0, 0.05) is 31.4 Å². The fourth-order valence-electron chi connectivity index (χ4n) is 3.81. The fraction of sp³-hybridized carbons (Fsp3) is 0.529. The second kappa shape index (κ2) is 6.02. The van der Waals surface area contributed by atoms with Crippen LogP contribution in [0.2, 0.25) is 5.02 Å². The van der Waals surface area contributed by atoms with Crippen molar-refractivity contribution in [1.82, 2.24) is 19.6 Å². The minimum Gasteiger partial charge on any atom is -0.376 e. The van der Waals surface area contributed by atoms with Crippen molar-refractivity contribution in [2.45, 2.75) is 38.5 Å². The molecule has 3 atom stereocenters. The van der Waals surface area contributed by atoms with Crippen molar-refractivity contribution in [3.8, 4) is 0 Å². The third-order valence-corrected chi connectivity index (χ3v) is 5.12. The van der Waals surface area contributed by atoms with E-state index in [1.54, 1.807) is 16.7 Å². The van der Waals surface area contributed by atoms with Crippen LogP contribution >= 0.6 is 11.6 Å². The summed E-state index contributed by atoms with van der Waals surface area (Å²) in [5.41, 5.74) is 2.00. The molecule has 0 saturated carbocycles. The van der Waals surface area contributed by atoms with Crippen LogP contribution in [0.3, 0.4) is 0 Å². The van der Waals surface area contributed by atoms with Crippen molar-refractivity contribution in [3.05, 3.63) is 34.7 Å². The number of amides is 1. The summed E-state index contributed by atoms with van der Waals surface area (Å²) < 4.78 is 7.49. The Labute approximate surface area is 145 Å². The highest BCUT2D eigenvalue weighted by molar-refractivity contribution is 6.30. The number of carbonyl (C=O) groups excluding carboxylic acids is 1. The van der Waals surface area contributed by atoms with E-state index in [9.17, 15) is 4.79 Å². The van der Waals surface area contributed by atoms with Crippen molar-refractivity contribution < 1.29 is 9.53 Å². The molecule has 2 fully saturated rings. The normalized spacial score (nSPS) is 27.4. The number of carbonyl (C=O) groups is 1. The highest BCUT2D eigenvalue weighted by atomic mass is 35.5. The Hall–Kier alpha value is -1.63. The minimum atomic E-state index is -0.0962. The Bertz CT molecular complexity index is 790. The van der Waals surface area contributed by atoms with E-state index >= 15 is 0 Å². The van der Waals surface area contributed by atoms with Gasteiger partial charge in [-0.3, -0.25) is 14.1 Å². The molecule has 2 saturated heterocycles. The van der Waals surface area contributed by atoms with Crippen LogP contribution in [0.5, 0.6) is 0 Å². The largest absolute Gasteiger partial charge is 0.376 e. The minimum absolute atomic E-state index is 0.0962. The molecule has 0 aliphatic carbocycles. The van der Waals surface area contributed by atoms with Gasteiger partial charge >= 0.3 is 0 Å². The van der Waals surface area contributed by atoms with Crippen LogP contribution in [0.4, 0.5) is 0 Å². The molecule has 2 aromatic rings. The van der Waals surface area contributed by atoms with Crippen LogP contribution in [0.1, 0.15) is 29.5 Å². The molecule has 0 aromatic carbocycles. The first-order valence-electron chi connectivity index (χ1n) is 8.32. The zero-order chi connectivity index (χ0) is 16.8. The molecule has 0 radical (unpaired) electrons. The van der Waals surface area contributed by atoms with Crippen molar-refractivity contribution >= 4 is 23.2 Å². The number of morpholine rings is 1. The van der Waals surface area contributed by atoms with Gasteiger partial charge in [0.2, 0.25) is 0 Å². The third-order valence-electron chi connectivity index (χ3n) is 4.90. The summed E-state index contributed by atoms with van der Waals surface area (Å²) >= 11 is 6.07. The Morgan fingerprint density at radius 1 is 1.42 bits per heavy atom. The Balaban J connectivity index is 1.53. The molecule has 24 heavy (non-hydrogen) atoms. The topological polar surface area (TPSA) is 58.9 Å². The molecule has 0 bridgehead atoms. The van der Waals surface area contributed by atoms with E-state index in [1.165, 1.54) is 0 Å². The lowest BCUT2D eigenvalue weighted by Gasteiger charge is -2.33. The van der Waals surface area contributed by atoms with Crippen LogP contribution in [-0.4, -0.2) is 58.1 Å². The number of hydrogen-bond donors (Lipinski definition) is 1. The van der Waals surface area contributed by atoms with Crippen LogP contribution in [-0.2, 0) is 4.74 Å². The van der Waals surface area contributed by atoms with Gasteiger partial charge in [-0.2, -0.15) is 0 Å². The number of ether oxygens (including phenoxy) is 1. The van der Waals surface area contributed by atoms with Crippen LogP contribution in [0.15, 0.2) is 18.3 Å². The van der Waals surface area contributed by atoms with E-state index in [-0.39, 0.29) is 18.1 Å². The highest BCUT2D eigenvalue weighted by Gasteiger charge is 2.37. The molecule has 2 aliphatic heterocycles. The Kier molecular flexibility index (Phi) is 3.98. The lowest BCUT2D eigenvalue weighted by atomic mass is 10.1. The van der Waals surface area contributed by atoms with Gasteiger partial charge in [0.25, 0.3) is 5.91 Å². The maximum Gasteiger partial charge on any atom is 0.270 e.